The van der Waals surface area contributed by atoms with E-state index < -0.39 is 0 Å². The highest BCUT2D eigenvalue weighted by atomic mass is 16.3. The van der Waals surface area contributed by atoms with Crippen molar-refractivity contribution in [2.75, 3.05) is 5.23 Å². The lowest BCUT2D eigenvalue weighted by Gasteiger charge is -2.16. The average molecular weight is 158 g/mol. The summed E-state index contributed by atoms with van der Waals surface area (Å²) < 4.78 is 0. The molecule has 0 unspecified atom stereocenters. The number of hydrogen-bond acceptors (Lipinski definition) is 1. The molecule has 12 heavy (non-hydrogen) atoms. The van der Waals surface area contributed by atoms with Gasteiger partial charge in [0.1, 0.15) is 0 Å². The molecule has 1 N–H and O–H groups in total. The van der Waals surface area contributed by atoms with E-state index in [1.54, 1.807) is 12.1 Å². The van der Waals surface area contributed by atoms with Crippen LogP contribution in [-0.2, 0) is 5.11 Å². The molecule has 1 aromatic rings. The molecule has 3 heteroatoms. The fourth-order valence-electron chi connectivity index (χ4n) is 1.37. The lowest BCUT2D eigenvalue weighted by atomic mass is 9.63. The van der Waals surface area contributed by atoms with Crippen LogP contribution in [0, 0.1) is 0 Å². The Hall–Kier alpha value is -1.38. The van der Waals surface area contributed by atoms with Crippen LogP contribution >= 0.6 is 0 Å². The van der Waals surface area contributed by atoms with Gasteiger partial charge >= 0.3 is 0 Å². The standard InChI is InChI=1S/C9H9BNO/c1-10-6-5-7-3-2-4-8(12)9(7)11-10/h2-6,11H,1H3. The highest BCUT2D eigenvalue weighted by Gasteiger charge is 2.14. The second-order valence-corrected chi connectivity index (χ2v) is 3.01. The largest absolute Gasteiger partial charge is 0.421 e. The molecule has 0 amide bonds. The summed E-state index contributed by atoms with van der Waals surface area (Å²) in [7, 11) is 0. The smallest absolute Gasteiger partial charge is 0.275 e. The SMILES string of the molecule is CB1C=Cc2cccc([O])c2N1. The Labute approximate surface area is 72.0 Å². The van der Waals surface area contributed by atoms with Crippen molar-refractivity contribution in [1.29, 1.82) is 0 Å². The van der Waals surface area contributed by atoms with Gasteiger partial charge in [0.05, 0.1) is 5.69 Å². The molecule has 0 saturated carbocycles. The normalized spacial score (nSPS) is 13.9. The molecule has 0 fully saturated rings. The van der Waals surface area contributed by atoms with Gasteiger partial charge in [-0.05, 0) is 11.6 Å². The van der Waals surface area contributed by atoms with Gasteiger partial charge in [0, 0.05) is 0 Å². The molecule has 2 rings (SSSR count). The number of nitrogens with one attached hydrogen (secondary N) is 1. The van der Waals surface area contributed by atoms with Crippen molar-refractivity contribution in [2.24, 2.45) is 0 Å². The van der Waals surface area contributed by atoms with Crippen molar-refractivity contribution in [2.45, 2.75) is 6.82 Å². The predicted octanol–water partition coefficient (Wildman–Crippen LogP) is 2.43. The number of benzene rings is 1. The van der Waals surface area contributed by atoms with E-state index >= 15 is 0 Å². The lowest BCUT2D eigenvalue weighted by Crippen LogP contribution is -2.20. The van der Waals surface area contributed by atoms with E-state index in [1.807, 2.05) is 24.9 Å². The van der Waals surface area contributed by atoms with Gasteiger partial charge in [-0.15, -0.1) is 0 Å². The molecule has 1 heterocycles. The fourth-order valence-corrected chi connectivity index (χ4v) is 1.37. The van der Waals surface area contributed by atoms with Crippen molar-refractivity contribution in [1.82, 2.24) is 0 Å². The molecule has 1 aromatic carbocycles. The van der Waals surface area contributed by atoms with Crippen LogP contribution < -0.4 is 5.23 Å². The molecule has 2 nitrogen and oxygen atoms in total. The van der Waals surface area contributed by atoms with Crippen LogP contribution in [0.3, 0.4) is 0 Å². The molecule has 1 radical (unpaired) electrons. The van der Waals surface area contributed by atoms with E-state index in [2.05, 4.69) is 5.23 Å². The minimum atomic E-state index is 0.0729. The van der Waals surface area contributed by atoms with E-state index in [9.17, 15) is 5.11 Å². The minimum absolute atomic E-state index is 0.0729. The summed E-state index contributed by atoms with van der Waals surface area (Å²) in [6, 6.07) is 5.30. The summed E-state index contributed by atoms with van der Waals surface area (Å²) in [4.78, 5) is 0. The maximum Gasteiger partial charge on any atom is 0.275 e. The molecular weight excluding hydrogens is 149 g/mol. The molecule has 0 saturated heterocycles. The van der Waals surface area contributed by atoms with Crippen molar-refractivity contribution in [3.63, 3.8) is 0 Å². The molecule has 1 aliphatic heterocycles. The van der Waals surface area contributed by atoms with Gasteiger partial charge in [-0.2, -0.15) is 0 Å². The van der Waals surface area contributed by atoms with Crippen LogP contribution in [0.15, 0.2) is 24.2 Å². The Morgan fingerprint density at radius 2 is 2.25 bits per heavy atom. The fraction of sp³-hybridized carbons (Fsp3) is 0.111. The number of para-hydroxylation sites is 1. The van der Waals surface area contributed by atoms with Crippen LogP contribution in [0.4, 0.5) is 5.69 Å². The zero-order valence-electron chi connectivity index (χ0n) is 6.87. The topological polar surface area (TPSA) is 31.9 Å². The second kappa shape index (κ2) is 2.59. The first-order valence-corrected chi connectivity index (χ1v) is 4.02. The number of rotatable bonds is 0. The Morgan fingerprint density at radius 3 is 3.08 bits per heavy atom. The van der Waals surface area contributed by atoms with Gasteiger partial charge in [-0.3, -0.25) is 5.11 Å². The average Bonchev–Trinajstić information content (AvgIpc) is 2.07. The van der Waals surface area contributed by atoms with Crippen molar-refractivity contribution < 1.29 is 5.11 Å². The first kappa shape index (κ1) is 7.28. The highest BCUT2D eigenvalue weighted by molar-refractivity contribution is 6.67. The third-order valence-electron chi connectivity index (χ3n) is 1.99. The molecule has 0 atom stereocenters. The molecule has 0 spiro atoms. The zero-order valence-corrected chi connectivity index (χ0v) is 6.87. The van der Waals surface area contributed by atoms with Crippen molar-refractivity contribution >= 4 is 18.6 Å². The summed E-state index contributed by atoms with van der Waals surface area (Å²) in [6.45, 7) is 2.28. The molecule has 0 aliphatic carbocycles. The first-order chi connectivity index (χ1) is 5.77. The molecule has 0 bridgehead atoms. The van der Waals surface area contributed by atoms with Gasteiger partial charge in [0.2, 0.25) is 5.75 Å². The maximum atomic E-state index is 11.3. The van der Waals surface area contributed by atoms with E-state index in [0.29, 0.717) is 0 Å². The quantitative estimate of drug-likeness (QED) is 0.577. The summed E-state index contributed by atoms with van der Waals surface area (Å²) >= 11 is 0. The summed E-state index contributed by atoms with van der Waals surface area (Å²) in [5.74, 6) is 2.12. The molecule has 0 aromatic heterocycles. The predicted molar refractivity (Wildman–Crippen MR) is 50.8 cm³/mol. The Bertz CT molecular complexity index is 335. The van der Waals surface area contributed by atoms with Crippen LogP contribution in [-0.4, -0.2) is 6.85 Å². The number of hydrogen-bond donors (Lipinski definition) is 1. The van der Waals surface area contributed by atoms with Crippen LogP contribution in [0.2, 0.25) is 6.82 Å². The molecule has 59 valence electrons. The van der Waals surface area contributed by atoms with Crippen LogP contribution in [0.25, 0.3) is 6.08 Å². The van der Waals surface area contributed by atoms with Crippen molar-refractivity contribution in [3.05, 3.63) is 29.7 Å². The monoisotopic (exact) mass is 158 g/mol. The summed E-state index contributed by atoms with van der Waals surface area (Å²) in [6.07, 6.45) is 1.98. The maximum absolute atomic E-state index is 11.3. The Balaban J connectivity index is 2.53. The van der Waals surface area contributed by atoms with Gasteiger partial charge in [0.25, 0.3) is 6.85 Å². The summed E-state index contributed by atoms with van der Waals surface area (Å²) in [5.41, 5.74) is 1.72. The molecular formula is C9H9BNO. The third-order valence-corrected chi connectivity index (χ3v) is 1.99. The van der Waals surface area contributed by atoms with E-state index in [-0.39, 0.29) is 12.6 Å². The van der Waals surface area contributed by atoms with Crippen molar-refractivity contribution in [3.8, 4) is 5.75 Å². The zero-order chi connectivity index (χ0) is 8.55. The van der Waals surface area contributed by atoms with Gasteiger partial charge < -0.3 is 5.23 Å². The van der Waals surface area contributed by atoms with E-state index in [1.165, 1.54) is 0 Å². The second-order valence-electron chi connectivity index (χ2n) is 3.01. The van der Waals surface area contributed by atoms with Crippen LogP contribution in [0.5, 0.6) is 5.75 Å². The number of anilines is 1. The third kappa shape index (κ3) is 1.07. The first-order valence-electron chi connectivity index (χ1n) is 4.02. The number of fused-ring (bicyclic) bond motifs is 1. The van der Waals surface area contributed by atoms with Gasteiger partial charge in [-0.1, -0.05) is 31.0 Å². The van der Waals surface area contributed by atoms with E-state index in [0.717, 1.165) is 11.3 Å². The molecule has 1 aliphatic rings. The van der Waals surface area contributed by atoms with E-state index in [4.69, 9.17) is 0 Å². The Kier molecular flexibility index (Phi) is 1.57. The minimum Gasteiger partial charge on any atom is -0.421 e. The van der Waals surface area contributed by atoms with Gasteiger partial charge in [-0.25, -0.2) is 0 Å². The highest BCUT2D eigenvalue weighted by Crippen LogP contribution is 2.31. The summed E-state index contributed by atoms with van der Waals surface area (Å²) in [5, 5.41) is 14.4. The Morgan fingerprint density at radius 1 is 1.42 bits per heavy atom. The lowest BCUT2D eigenvalue weighted by molar-refractivity contribution is 0.357. The van der Waals surface area contributed by atoms with Gasteiger partial charge in [0.15, 0.2) is 0 Å². The van der Waals surface area contributed by atoms with Crippen LogP contribution in [0.1, 0.15) is 5.56 Å².